The molecule has 2 N–H and O–H groups in total. The lowest BCUT2D eigenvalue weighted by Gasteiger charge is -2.18. The molecule has 102 valence electrons. The minimum Gasteiger partial charge on any atom is -0.411 e. The van der Waals surface area contributed by atoms with Crippen LogP contribution in [0.5, 0.6) is 5.75 Å². The smallest absolute Gasteiger partial charge is 0.157 e. The van der Waals surface area contributed by atoms with Crippen molar-refractivity contribution >= 4 is 16.6 Å². The highest BCUT2D eigenvalue weighted by molar-refractivity contribution is 5.88. The number of hydrogen-bond donors (Lipinski definition) is 1. The van der Waals surface area contributed by atoms with E-state index in [1.807, 2.05) is 19.9 Å². The minimum absolute atomic E-state index is 0.677. The molecule has 3 rings (SSSR count). The standard InChI is InChI=1S/C13H15N3O.C2H6/c14-17-13-5-6-15-12-4-3-10(9-11(12)13)16-7-1-2-8-16;1-2/h3-6,9H,1-2,7-8,14H2;1-2H3. The van der Waals surface area contributed by atoms with Crippen molar-refractivity contribution in [1.29, 1.82) is 0 Å². The van der Waals surface area contributed by atoms with Crippen molar-refractivity contribution in [3.8, 4) is 5.75 Å². The number of fused-ring (bicyclic) bond motifs is 1. The number of hydrogen-bond acceptors (Lipinski definition) is 4. The van der Waals surface area contributed by atoms with Crippen LogP contribution in [0.1, 0.15) is 26.7 Å². The molecule has 0 radical (unpaired) electrons. The molecule has 1 aromatic heterocycles. The first kappa shape index (κ1) is 13.6. The Morgan fingerprint density at radius 3 is 2.58 bits per heavy atom. The number of aromatic nitrogens is 1. The van der Waals surface area contributed by atoms with Crippen LogP contribution < -0.4 is 15.6 Å². The van der Waals surface area contributed by atoms with Crippen LogP contribution in [0.15, 0.2) is 30.5 Å². The number of anilines is 1. The molecule has 1 aliphatic heterocycles. The second-order valence-electron chi connectivity index (χ2n) is 4.32. The van der Waals surface area contributed by atoms with E-state index in [1.54, 1.807) is 12.3 Å². The van der Waals surface area contributed by atoms with E-state index in [4.69, 9.17) is 10.7 Å². The molecule has 2 heterocycles. The number of rotatable bonds is 2. The molecule has 1 saturated heterocycles. The second-order valence-corrected chi connectivity index (χ2v) is 4.32. The van der Waals surface area contributed by atoms with E-state index >= 15 is 0 Å². The second kappa shape index (κ2) is 6.38. The Labute approximate surface area is 114 Å². The Morgan fingerprint density at radius 2 is 1.89 bits per heavy atom. The van der Waals surface area contributed by atoms with Crippen molar-refractivity contribution in [2.75, 3.05) is 18.0 Å². The van der Waals surface area contributed by atoms with Crippen molar-refractivity contribution < 1.29 is 4.84 Å². The first-order valence-electron chi connectivity index (χ1n) is 6.89. The number of nitrogens with zero attached hydrogens (tertiary/aromatic N) is 2. The van der Waals surface area contributed by atoms with Gasteiger partial charge in [0.15, 0.2) is 5.75 Å². The molecular formula is C15H21N3O. The Kier molecular flexibility index (Phi) is 4.58. The van der Waals surface area contributed by atoms with Gasteiger partial charge in [-0.3, -0.25) is 4.98 Å². The lowest BCUT2D eigenvalue weighted by molar-refractivity contribution is 0.338. The number of benzene rings is 1. The van der Waals surface area contributed by atoms with E-state index in [-0.39, 0.29) is 0 Å². The lowest BCUT2D eigenvalue weighted by atomic mass is 10.1. The highest BCUT2D eigenvalue weighted by Crippen LogP contribution is 2.29. The highest BCUT2D eigenvalue weighted by atomic mass is 16.6. The predicted octanol–water partition coefficient (Wildman–Crippen LogP) is 3.11. The van der Waals surface area contributed by atoms with Crippen LogP contribution in [0, 0.1) is 0 Å². The van der Waals surface area contributed by atoms with Crippen molar-refractivity contribution in [2.45, 2.75) is 26.7 Å². The van der Waals surface area contributed by atoms with Gasteiger partial charge in [0, 0.05) is 36.4 Å². The molecule has 0 aliphatic carbocycles. The molecule has 1 aromatic carbocycles. The molecule has 4 heteroatoms. The molecule has 0 atom stereocenters. The van der Waals surface area contributed by atoms with Crippen molar-refractivity contribution in [3.63, 3.8) is 0 Å². The van der Waals surface area contributed by atoms with E-state index in [0.717, 1.165) is 24.0 Å². The SMILES string of the molecule is CC.NOc1ccnc2ccc(N3CCCC3)cc12. The van der Waals surface area contributed by atoms with Crippen LogP contribution in [0.2, 0.25) is 0 Å². The Morgan fingerprint density at radius 1 is 1.16 bits per heavy atom. The van der Waals surface area contributed by atoms with Crippen LogP contribution in [0.25, 0.3) is 10.9 Å². The molecule has 0 amide bonds. The van der Waals surface area contributed by atoms with E-state index in [2.05, 4.69) is 22.0 Å². The quantitative estimate of drug-likeness (QED) is 0.842. The van der Waals surface area contributed by atoms with Gasteiger partial charge in [-0.1, -0.05) is 13.8 Å². The van der Waals surface area contributed by atoms with Gasteiger partial charge in [-0.15, -0.1) is 0 Å². The third-order valence-electron chi connectivity index (χ3n) is 3.28. The summed E-state index contributed by atoms with van der Waals surface area (Å²) in [6, 6.07) is 8.03. The van der Waals surface area contributed by atoms with Gasteiger partial charge in [0.1, 0.15) is 0 Å². The van der Waals surface area contributed by atoms with E-state index in [9.17, 15) is 0 Å². The molecule has 19 heavy (non-hydrogen) atoms. The van der Waals surface area contributed by atoms with Crippen molar-refractivity contribution in [1.82, 2.24) is 4.98 Å². The summed E-state index contributed by atoms with van der Waals surface area (Å²) >= 11 is 0. The summed E-state index contributed by atoms with van der Waals surface area (Å²) in [4.78, 5) is 11.6. The van der Waals surface area contributed by atoms with Crippen LogP contribution in [0.3, 0.4) is 0 Å². The molecule has 0 unspecified atom stereocenters. The van der Waals surface area contributed by atoms with Gasteiger partial charge < -0.3 is 9.74 Å². The monoisotopic (exact) mass is 259 g/mol. The van der Waals surface area contributed by atoms with Gasteiger partial charge in [0.25, 0.3) is 0 Å². The molecule has 0 bridgehead atoms. The molecule has 0 saturated carbocycles. The maximum absolute atomic E-state index is 5.28. The molecule has 4 nitrogen and oxygen atoms in total. The zero-order valence-electron chi connectivity index (χ0n) is 11.6. The summed E-state index contributed by atoms with van der Waals surface area (Å²) < 4.78 is 0. The summed E-state index contributed by atoms with van der Waals surface area (Å²) in [5.41, 5.74) is 2.14. The summed E-state index contributed by atoms with van der Waals surface area (Å²) in [5, 5.41) is 0.972. The average molecular weight is 259 g/mol. The zero-order valence-corrected chi connectivity index (χ0v) is 11.6. The third-order valence-corrected chi connectivity index (χ3v) is 3.28. The zero-order chi connectivity index (χ0) is 13.7. The Balaban J connectivity index is 0.000000637. The van der Waals surface area contributed by atoms with Crippen molar-refractivity contribution in [2.24, 2.45) is 5.90 Å². The van der Waals surface area contributed by atoms with Gasteiger partial charge in [-0.2, -0.15) is 5.90 Å². The molecular weight excluding hydrogens is 238 g/mol. The number of pyridine rings is 1. The summed E-state index contributed by atoms with van der Waals surface area (Å²) in [6.07, 6.45) is 4.25. The van der Waals surface area contributed by atoms with Crippen LogP contribution in [-0.2, 0) is 0 Å². The van der Waals surface area contributed by atoms with Crippen LogP contribution in [0.4, 0.5) is 5.69 Å². The van der Waals surface area contributed by atoms with Crippen LogP contribution in [-0.4, -0.2) is 18.1 Å². The normalized spacial score (nSPS) is 14.2. The Hall–Kier alpha value is -1.81. The van der Waals surface area contributed by atoms with Gasteiger partial charge in [-0.05, 0) is 31.0 Å². The van der Waals surface area contributed by atoms with Gasteiger partial charge >= 0.3 is 0 Å². The largest absolute Gasteiger partial charge is 0.411 e. The fraction of sp³-hybridized carbons (Fsp3) is 0.400. The first-order chi connectivity index (χ1) is 9.38. The summed E-state index contributed by atoms with van der Waals surface area (Å²) in [7, 11) is 0. The lowest BCUT2D eigenvalue weighted by Crippen LogP contribution is -2.17. The van der Waals surface area contributed by atoms with Crippen molar-refractivity contribution in [3.05, 3.63) is 30.5 Å². The highest BCUT2D eigenvalue weighted by Gasteiger charge is 2.13. The van der Waals surface area contributed by atoms with E-state index < -0.39 is 0 Å². The van der Waals surface area contributed by atoms with Crippen LogP contribution >= 0.6 is 0 Å². The molecule has 0 spiro atoms. The first-order valence-corrected chi connectivity index (χ1v) is 6.89. The fourth-order valence-electron chi connectivity index (χ4n) is 2.38. The summed E-state index contributed by atoms with van der Waals surface area (Å²) in [5.74, 6) is 5.95. The topological polar surface area (TPSA) is 51.4 Å². The van der Waals surface area contributed by atoms with Gasteiger partial charge in [0.05, 0.1) is 5.52 Å². The van der Waals surface area contributed by atoms with Gasteiger partial charge in [-0.25, -0.2) is 0 Å². The van der Waals surface area contributed by atoms with Gasteiger partial charge in [0.2, 0.25) is 0 Å². The molecule has 2 aromatic rings. The maximum Gasteiger partial charge on any atom is 0.157 e. The number of nitrogens with two attached hydrogens (primary N) is 1. The average Bonchev–Trinajstić information content (AvgIpc) is 3.02. The van der Waals surface area contributed by atoms with E-state index in [0.29, 0.717) is 5.75 Å². The van der Waals surface area contributed by atoms with E-state index in [1.165, 1.54) is 18.5 Å². The minimum atomic E-state index is 0.677. The Bertz CT molecular complexity index is 536. The maximum atomic E-state index is 5.28. The predicted molar refractivity (Wildman–Crippen MR) is 79.4 cm³/mol. The third kappa shape index (κ3) is 2.79. The summed E-state index contributed by atoms with van der Waals surface area (Å²) in [6.45, 7) is 6.26. The molecule has 1 fully saturated rings. The molecule has 1 aliphatic rings. The fourth-order valence-corrected chi connectivity index (χ4v) is 2.38.